The first-order chi connectivity index (χ1) is 0. The number of rotatable bonds is 0. The van der Waals surface area contributed by atoms with Crippen LogP contribution in [-0.2, 0) is 25.0 Å². The maximum Gasteiger partial charge on any atom is 2.00 e. The van der Waals surface area contributed by atoms with Crippen molar-refractivity contribution in [2.24, 2.45) is 0 Å². The molecule has 0 rings (SSSR count). The molecule has 0 amide bonds. The summed E-state index contributed by atoms with van der Waals surface area (Å²) in [5.74, 6) is 0. The Balaban J connectivity index is 0. The van der Waals surface area contributed by atoms with Crippen LogP contribution in [0.1, 0.15) is 0 Å². The second-order valence-electron chi connectivity index (χ2n) is 0. The average molecular weight is 336 g/mol. The monoisotopic (exact) mass is 335 g/mol. The first kappa shape index (κ1) is 73.0. The summed E-state index contributed by atoms with van der Waals surface area (Å²) in [5, 5.41) is 0. The zero-order chi connectivity index (χ0) is 0. The van der Waals surface area contributed by atoms with Gasteiger partial charge in [-0.3, -0.25) is 0 Å². The van der Waals surface area contributed by atoms with Crippen LogP contribution in [0.25, 0.3) is 0 Å². The molecule has 0 saturated heterocycles. The molecule has 0 N–H and O–H groups in total. The molecule has 0 unspecified atom stereocenters. The van der Waals surface area contributed by atoms with Crippen molar-refractivity contribution in [3.8, 4) is 0 Å². The third-order valence-electron chi connectivity index (χ3n) is 0. The van der Waals surface area contributed by atoms with Crippen molar-refractivity contribution >= 4 is 45.6 Å². The molecular weight excluding hydrogens is 329 g/mol. The van der Waals surface area contributed by atoms with Crippen LogP contribution in [0.15, 0.2) is 0 Å². The summed E-state index contributed by atoms with van der Waals surface area (Å²) in [6.07, 6.45) is 0. The van der Waals surface area contributed by atoms with Crippen molar-refractivity contribution in [3.05, 3.63) is 0 Å². The topological polar surface area (TPSA) is 28.5 Å². The van der Waals surface area contributed by atoms with E-state index < -0.39 is 0 Å². The molecule has 0 fully saturated rings. The van der Waals surface area contributed by atoms with Gasteiger partial charge in [0.05, 0.1) is 0 Å². The van der Waals surface area contributed by atoms with Crippen molar-refractivity contribution < 1.29 is 25.0 Å². The second-order valence-corrected chi connectivity index (χ2v) is 0. The fourth-order valence-electron chi connectivity index (χ4n) is 0. The molecule has 1 nitrogen and oxygen atoms in total. The molecule has 0 bridgehead atoms. The molecule has 0 atom stereocenters. The molecule has 0 aliphatic heterocycles. The van der Waals surface area contributed by atoms with Gasteiger partial charge in [0.25, 0.3) is 0 Å². The molecule has 0 aliphatic carbocycles. The largest absolute Gasteiger partial charge is 2.00 e. The summed E-state index contributed by atoms with van der Waals surface area (Å²) in [7, 11) is 0. The van der Waals surface area contributed by atoms with Gasteiger partial charge in [-0.25, -0.2) is 0 Å². The van der Waals surface area contributed by atoms with E-state index in [1.807, 2.05) is 0 Å². The molecule has 0 spiro atoms. The van der Waals surface area contributed by atoms with Gasteiger partial charge in [0.2, 0.25) is 0 Å². The van der Waals surface area contributed by atoms with E-state index in [0.29, 0.717) is 0 Å². The van der Waals surface area contributed by atoms with E-state index in [4.69, 9.17) is 0 Å². The van der Waals surface area contributed by atoms with Gasteiger partial charge in [-0.05, 0) is 11.0 Å². The molecule has 27 valence electrons. The van der Waals surface area contributed by atoms with E-state index in [9.17, 15) is 0 Å². The van der Waals surface area contributed by atoms with Crippen LogP contribution in [0.2, 0.25) is 0 Å². The van der Waals surface area contributed by atoms with Crippen molar-refractivity contribution in [3.63, 3.8) is 0 Å². The molecule has 5 heteroatoms. The summed E-state index contributed by atoms with van der Waals surface area (Å²) in [6.45, 7) is 0. The molecule has 3 radical (unpaired) electrons. The molecule has 0 aliphatic rings. The number of hydrogen-bond acceptors (Lipinski definition) is 0. The fraction of sp³-hybridized carbons (Fsp3) is 0. The third-order valence-corrected chi connectivity index (χ3v) is 0. The van der Waals surface area contributed by atoms with Crippen molar-refractivity contribution in [2.75, 3.05) is 0 Å². The van der Waals surface area contributed by atoms with E-state index in [0.717, 1.165) is 0 Å². The van der Waals surface area contributed by atoms with Crippen molar-refractivity contribution in [1.82, 2.24) is 0 Å². The maximum absolute atomic E-state index is 0. The van der Waals surface area contributed by atoms with Gasteiger partial charge in [-0.15, -0.1) is 0 Å². The SMILES string of the molecule is [B].[BiH3].[O-2].[SiH4].[Zn+2]. The summed E-state index contributed by atoms with van der Waals surface area (Å²) >= 11 is 0. The van der Waals surface area contributed by atoms with Crippen LogP contribution < -0.4 is 0 Å². The molecule has 0 aromatic carbocycles. The van der Waals surface area contributed by atoms with Gasteiger partial charge in [0.15, 0.2) is 0 Å². The fourth-order valence-corrected chi connectivity index (χ4v) is 0. The Morgan fingerprint density at radius 3 is 1.00 bits per heavy atom. The molecule has 0 aromatic heterocycles. The van der Waals surface area contributed by atoms with E-state index in [1.165, 1.54) is 0 Å². The Hall–Kier alpha value is 1.75. The van der Waals surface area contributed by atoms with E-state index in [1.54, 1.807) is 0 Å². The molecule has 0 aromatic rings. The Morgan fingerprint density at radius 2 is 1.00 bits per heavy atom. The average Bonchev–Trinajstić information content (AvgIpc) is 0. The Kier molecular flexibility index (Phi) is 619. The predicted octanol–water partition coefficient (Wildman–Crippen LogP) is -3.14. The number of hydrogen-bond donors (Lipinski definition) is 0. The van der Waals surface area contributed by atoms with Crippen LogP contribution in [0.5, 0.6) is 0 Å². The van der Waals surface area contributed by atoms with Crippen molar-refractivity contribution in [1.29, 1.82) is 0 Å². The predicted molar refractivity (Wildman–Crippen MR) is 27.7 cm³/mol. The van der Waals surface area contributed by atoms with E-state index in [-0.39, 0.29) is 70.5 Å². The summed E-state index contributed by atoms with van der Waals surface area (Å²) in [4.78, 5) is 0. The Bertz CT molecular complexity index is 11.6. The Morgan fingerprint density at radius 1 is 1.00 bits per heavy atom. The summed E-state index contributed by atoms with van der Waals surface area (Å²) < 4.78 is 0. The summed E-state index contributed by atoms with van der Waals surface area (Å²) in [5.41, 5.74) is 0. The minimum atomic E-state index is 0. The van der Waals surface area contributed by atoms with Gasteiger partial charge in [0.1, 0.15) is 0 Å². The molecular formula is H7BBiOSiZn. The maximum atomic E-state index is 0. The van der Waals surface area contributed by atoms with Crippen LogP contribution in [0, 0.1) is 0 Å². The quantitative estimate of drug-likeness (QED) is 0.419. The summed E-state index contributed by atoms with van der Waals surface area (Å²) in [6, 6.07) is 0. The minimum absolute atomic E-state index is 0. The normalized spacial score (nSPS) is 0. The third kappa shape index (κ3) is 26.4. The van der Waals surface area contributed by atoms with Crippen LogP contribution in [0.4, 0.5) is 0 Å². The van der Waals surface area contributed by atoms with Gasteiger partial charge in [-0.2, -0.15) is 0 Å². The van der Waals surface area contributed by atoms with E-state index in [2.05, 4.69) is 0 Å². The van der Waals surface area contributed by atoms with Crippen molar-refractivity contribution in [2.45, 2.75) is 0 Å². The van der Waals surface area contributed by atoms with Gasteiger partial charge in [-0.1, -0.05) is 0 Å². The zero-order valence-electron chi connectivity index (χ0n) is 2.40. The first-order valence-electron chi connectivity index (χ1n) is 0. The first-order valence-corrected chi connectivity index (χ1v) is 0. The van der Waals surface area contributed by atoms with Crippen LogP contribution >= 0.6 is 0 Å². The molecule has 0 heterocycles. The van der Waals surface area contributed by atoms with Crippen LogP contribution in [0.3, 0.4) is 0 Å². The molecule has 0 saturated carbocycles. The molecule has 5 heavy (non-hydrogen) atoms. The van der Waals surface area contributed by atoms with Gasteiger partial charge < -0.3 is 5.48 Å². The Labute approximate surface area is 70.1 Å². The van der Waals surface area contributed by atoms with E-state index >= 15 is 0 Å². The zero-order valence-corrected chi connectivity index (χ0v) is 10.9. The van der Waals surface area contributed by atoms with Crippen LogP contribution in [-0.4, -0.2) is 45.6 Å². The van der Waals surface area contributed by atoms with Gasteiger partial charge >= 0.3 is 45.7 Å². The minimum Gasteiger partial charge on any atom is -2.00 e. The second kappa shape index (κ2) is 42.4. The van der Waals surface area contributed by atoms with Gasteiger partial charge in [0, 0.05) is 8.41 Å². The smallest absolute Gasteiger partial charge is 2.00 e. The standard InChI is InChI=1S/B.Bi.O.H4Si.Zn.3H/h;;;1H4;;;;/q;;-2;;+2;;;.